The summed E-state index contributed by atoms with van der Waals surface area (Å²) in [5.74, 6) is 0. The van der Waals surface area contributed by atoms with Gasteiger partial charge < -0.3 is 0 Å². The number of fused-ring (bicyclic) bond motifs is 2. The Kier molecular flexibility index (Phi) is 4.99. The highest BCUT2D eigenvalue weighted by Gasteiger charge is 2.18. The third kappa shape index (κ3) is 3.89. The lowest BCUT2D eigenvalue weighted by molar-refractivity contribution is 1.08. The maximum atomic E-state index is 2.36. The molecule has 4 aromatic rings. The van der Waals surface area contributed by atoms with E-state index in [9.17, 15) is 0 Å². The summed E-state index contributed by atoms with van der Waals surface area (Å²) >= 11 is 3.80. The van der Waals surface area contributed by atoms with Gasteiger partial charge in [0.05, 0.1) is 0 Å². The van der Waals surface area contributed by atoms with Gasteiger partial charge >= 0.3 is 0 Å². The van der Waals surface area contributed by atoms with Crippen molar-refractivity contribution in [2.24, 2.45) is 0 Å². The summed E-state index contributed by atoms with van der Waals surface area (Å²) in [4.78, 5) is 5.49. The van der Waals surface area contributed by atoms with Crippen LogP contribution in [0, 0.1) is 0 Å². The van der Waals surface area contributed by atoms with E-state index >= 15 is 0 Å². The van der Waals surface area contributed by atoms with Gasteiger partial charge in [0.25, 0.3) is 0 Å². The second-order valence-electron chi connectivity index (χ2n) is 7.09. The van der Waals surface area contributed by atoms with Crippen LogP contribution in [0.1, 0.15) is 22.3 Å². The van der Waals surface area contributed by atoms with Gasteiger partial charge in [0.1, 0.15) is 0 Å². The molecule has 0 radical (unpaired) electrons. The Hall–Kier alpha value is -2.42. The van der Waals surface area contributed by atoms with Crippen molar-refractivity contribution < 1.29 is 0 Å². The molecule has 0 unspecified atom stereocenters. The summed E-state index contributed by atoms with van der Waals surface area (Å²) < 4.78 is 0. The van der Waals surface area contributed by atoms with Crippen LogP contribution < -0.4 is 0 Å². The molecule has 0 aromatic heterocycles. The minimum atomic E-state index is 0.988. The van der Waals surface area contributed by atoms with Gasteiger partial charge in [-0.05, 0) is 59.4 Å². The highest BCUT2D eigenvalue weighted by Crippen LogP contribution is 2.49. The Bertz CT molecular complexity index is 1010. The zero-order valence-electron chi connectivity index (χ0n) is 15.5. The minimum Gasteiger partial charge on any atom is -0.0877 e. The highest BCUT2D eigenvalue weighted by atomic mass is 32.2. The van der Waals surface area contributed by atoms with Gasteiger partial charge in [-0.3, -0.25) is 0 Å². The molecule has 5 rings (SSSR count). The lowest BCUT2D eigenvalue weighted by Crippen LogP contribution is -1.95. The zero-order valence-corrected chi connectivity index (χ0v) is 17.1. The summed E-state index contributed by atoms with van der Waals surface area (Å²) in [7, 11) is 0. The van der Waals surface area contributed by atoms with Crippen molar-refractivity contribution in [1.82, 2.24) is 0 Å². The lowest BCUT2D eigenvalue weighted by Gasteiger charge is -2.20. The van der Waals surface area contributed by atoms with Crippen molar-refractivity contribution in [3.05, 3.63) is 119 Å². The fourth-order valence-electron chi connectivity index (χ4n) is 3.55. The quantitative estimate of drug-likeness (QED) is 0.309. The molecule has 0 saturated carbocycles. The van der Waals surface area contributed by atoms with Crippen LogP contribution in [0.2, 0.25) is 0 Å². The largest absolute Gasteiger partial charge is 0.0877 e. The van der Waals surface area contributed by atoms with Gasteiger partial charge in [-0.25, -0.2) is 0 Å². The van der Waals surface area contributed by atoms with Crippen LogP contribution >= 0.6 is 23.5 Å². The van der Waals surface area contributed by atoms with Crippen LogP contribution in [0.4, 0.5) is 0 Å². The third-order valence-electron chi connectivity index (χ3n) is 4.96. The van der Waals surface area contributed by atoms with E-state index in [1.165, 1.54) is 41.8 Å². The Morgan fingerprint density at radius 3 is 1.25 bits per heavy atom. The van der Waals surface area contributed by atoms with Crippen LogP contribution in [-0.2, 0) is 12.8 Å². The number of benzene rings is 4. The molecule has 136 valence electrons. The van der Waals surface area contributed by atoms with E-state index in [1.54, 1.807) is 0 Å². The maximum absolute atomic E-state index is 2.36. The second-order valence-corrected chi connectivity index (χ2v) is 9.26. The van der Waals surface area contributed by atoms with Gasteiger partial charge in [0, 0.05) is 19.6 Å². The predicted molar refractivity (Wildman–Crippen MR) is 120 cm³/mol. The standard InChI is InChI=1S/C26H20S2/c1-3-7-19(8-4-1)15-21-11-13-23-25(17-21)27-24-14-12-22(18-26(24)28-23)16-20-9-5-2-6-10-20/h1-14,17-18H,15-16H2. The van der Waals surface area contributed by atoms with Gasteiger partial charge in [-0.2, -0.15) is 0 Å². The summed E-state index contributed by atoms with van der Waals surface area (Å²) in [6.07, 6.45) is 1.98. The molecule has 0 spiro atoms. The molecular formula is C26H20S2. The van der Waals surface area contributed by atoms with Crippen LogP contribution in [0.3, 0.4) is 0 Å². The predicted octanol–water partition coefficient (Wildman–Crippen LogP) is 7.48. The molecule has 0 saturated heterocycles. The fourth-order valence-corrected chi connectivity index (χ4v) is 5.88. The van der Waals surface area contributed by atoms with E-state index in [0.29, 0.717) is 0 Å². The highest BCUT2D eigenvalue weighted by molar-refractivity contribution is 8.05. The molecule has 28 heavy (non-hydrogen) atoms. The summed E-state index contributed by atoms with van der Waals surface area (Å²) in [5, 5.41) is 0. The molecule has 2 heteroatoms. The number of hydrogen-bond donors (Lipinski definition) is 0. The van der Waals surface area contributed by atoms with Gasteiger partial charge in [-0.1, -0.05) is 96.3 Å². The van der Waals surface area contributed by atoms with Crippen molar-refractivity contribution in [1.29, 1.82) is 0 Å². The van der Waals surface area contributed by atoms with E-state index in [-0.39, 0.29) is 0 Å². The smallest absolute Gasteiger partial charge is 0.0265 e. The fraction of sp³-hybridized carbons (Fsp3) is 0.0769. The topological polar surface area (TPSA) is 0 Å². The maximum Gasteiger partial charge on any atom is 0.0265 e. The average molecular weight is 397 g/mol. The van der Waals surface area contributed by atoms with Gasteiger partial charge in [0.15, 0.2) is 0 Å². The Balaban J connectivity index is 1.37. The monoisotopic (exact) mass is 396 g/mol. The second kappa shape index (κ2) is 7.90. The summed E-state index contributed by atoms with van der Waals surface area (Å²) in [6.45, 7) is 0. The van der Waals surface area contributed by atoms with Crippen molar-refractivity contribution in [3.8, 4) is 0 Å². The molecule has 0 aliphatic carbocycles. The van der Waals surface area contributed by atoms with Gasteiger partial charge in [-0.15, -0.1) is 0 Å². The first-order valence-electron chi connectivity index (χ1n) is 9.53. The van der Waals surface area contributed by atoms with E-state index in [0.717, 1.165) is 12.8 Å². The molecule has 1 heterocycles. The van der Waals surface area contributed by atoms with Crippen LogP contribution in [0.25, 0.3) is 0 Å². The SMILES string of the molecule is c1ccc(Cc2ccc3c(c2)Sc2ccc(Cc4ccccc4)cc2S3)cc1. The third-order valence-corrected chi connectivity index (χ3v) is 7.48. The van der Waals surface area contributed by atoms with Crippen molar-refractivity contribution in [3.63, 3.8) is 0 Å². The molecule has 1 aliphatic heterocycles. The van der Waals surface area contributed by atoms with E-state index in [4.69, 9.17) is 0 Å². The minimum absolute atomic E-state index is 0.988. The molecule has 0 N–H and O–H groups in total. The number of rotatable bonds is 4. The Morgan fingerprint density at radius 1 is 0.393 bits per heavy atom. The normalized spacial score (nSPS) is 12.3. The summed E-state index contributed by atoms with van der Waals surface area (Å²) in [5.41, 5.74) is 5.48. The average Bonchev–Trinajstić information content (AvgIpc) is 2.74. The van der Waals surface area contributed by atoms with Gasteiger partial charge in [0.2, 0.25) is 0 Å². The molecule has 0 nitrogen and oxygen atoms in total. The summed E-state index contributed by atoms with van der Waals surface area (Å²) in [6, 6.07) is 35.3. The number of hydrogen-bond acceptors (Lipinski definition) is 2. The Labute approximate surface area is 175 Å². The van der Waals surface area contributed by atoms with Crippen LogP contribution in [-0.4, -0.2) is 0 Å². The molecule has 0 amide bonds. The van der Waals surface area contributed by atoms with Crippen molar-refractivity contribution in [2.75, 3.05) is 0 Å². The molecule has 4 aromatic carbocycles. The molecule has 0 atom stereocenters. The van der Waals surface area contributed by atoms with E-state index < -0.39 is 0 Å². The van der Waals surface area contributed by atoms with E-state index in [1.807, 2.05) is 23.5 Å². The Morgan fingerprint density at radius 2 is 0.821 bits per heavy atom. The zero-order chi connectivity index (χ0) is 18.8. The van der Waals surface area contributed by atoms with E-state index in [2.05, 4.69) is 97.1 Å². The van der Waals surface area contributed by atoms with Crippen molar-refractivity contribution in [2.45, 2.75) is 32.4 Å². The first-order chi connectivity index (χ1) is 13.8. The molecule has 0 bridgehead atoms. The van der Waals surface area contributed by atoms with Crippen molar-refractivity contribution >= 4 is 23.5 Å². The van der Waals surface area contributed by atoms with Crippen LogP contribution in [0.5, 0.6) is 0 Å². The molecule has 1 aliphatic rings. The molecule has 0 fully saturated rings. The first-order valence-corrected chi connectivity index (χ1v) is 11.2. The first kappa shape index (κ1) is 17.7. The van der Waals surface area contributed by atoms with Crippen LogP contribution in [0.15, 0.2) is 117 Å². The lowest BCUT2D eigenvalue weighted by atomic mass is 10.1. The molecular weight excluding hydrogens is 376 g/mol.